The minimum atomic E-state index is -2.31. The number of rotatable bonds is 19. The largest absolute Gasteiger partial charge is 0.481 e. The number of hydrogen-bond acceptors (Lipinski definition) is 32. The van der Waals surface area contributed by atoms with E-state index in [4.69, 9.17) is 80.5 Å². The van der Waals surface area contributed by atoms with E-state index in [1.807, 2.05) is 0 Å². The van der Waals surface area contributed by atoms with Gasteiger partial charge in [0.15, 0.2) is 52.8 Å². The lowest BCUT2D eigenvalue weighted by molar-refractivity contribution is -0.153. The fourth-order valence-corrected chi connectivity index (χ4v) is 10.1. The number of fused-ring (bicyclic) bond motifs is 2. The van der Waals surface area contributed by atoms with Crippen molar-refractivity contribution in [3.63, 3.8) is 0 Å². The van der Waals surface area contributed by atoms with Crippen LogP contribution in [-0.4, -0.2) is 102 Å². The second kappa shape index (κ2) is 30.2. The van der Waals surface area contributed by atoms with Gasteiger partial charge in [0.05, 0.1) is 11.5 Å². The van der Waals surface area contributed by atoms with Crippen molar-refractivity contribution in [2.75, 3.05) is 0 Å². The van der Waals surface area contributed by atoms with Crippen molar-refractivity contribution in [2.24, 2.45) is 0 Å². The van der Waals surface area contributed by atoms with Crippen LogP contribution in [0.3, 0.4) is 0 Å². The van der Waals surface area contributed by atoms with Crippen molar-refractivity contribution < 1.29 is 152 Å². The molecular formula is C65H58O32. The van der Waals surface area contributed by atoms with Gasteiger partial charge < -0.3 is 80.5 Å². The van der Waals surface area contributed by atoms with Gasteiger partial charge in [0.2, 0.25) is 17.2 Å². The summed E-state index contributed by atoms with van der Waals surface area (Å²) in [5, 5.41) is 0. The minimum Gasteiger partial charge on any atom is -0.481 e. The number of carbonyl (C=O) groups excluding carboxylic acids is 15. The van der Waals surface area contributed by atoms with Gasteiger partial charge >= 0.3 is 89.5 Å². The summed E-state index contributed by atoms with van der Waals surface area (Å²) in [6, 6.07) is 8.74. The first-order chi connectivity index (χ1) is 45.5. The van der Waals surface area contributed by atoms with Gasteiger partial charge in [-0.1, -0.05) is 0 Å². The summed E-state index contributed by atoms with van der Waals surface area (Å²) in [5.74, 6) is -27.8. The van der Waals surface area contributed by atoms with E-state index in [1.165, 1.54) is 0 Å². The maximum absolute atomic E-state index is 15.7. The molecule has 5 aromatic rings. The highest BCUT2D eigenvalue weighted by Gasteiger charge is 2.51. The standard InChI is InChI=1S/C65H58O32/c1-25(66)81-42-21-45(83-27(3)68)55-46(22-42)95-59(40-17-50(87-31(7)72)62(93-37(13)78)51(18-40)88-32(8)73)64(97-65(80)41-19-52(89-33(9)74)63(94-38(14)79)53(20-41)90-34(10)75)57(55)56-47(84-28(4)69)24-44(82-26(2)67)43-23-54(91-35(11)76)58(96-60(43)56)39-15-48(85-29(5)70)61(92-36(12)77)49(16-39)86-30(6)71/h15-22,24,54,57-59,64H,23H2,1-14H3/t54-,57+,58+,59+,64+/m0/s1. The first-order valence-electron chi connectivity index (χ1n) is 28.5. The van der Waals surface area contributed by atoms with Crippen molar-refractivity contribution in [1.29, 1.82) is 0 Å². The average molecular weight is 1350 g/mol. The van der Waals surface area contributed by atoms with E-state index in [1.54, 1.807) is 0 Å². The predicted molar refractivity (Wildman–Crippen MR) is 316 cm³/mol. The van der Waals surface area contributed by atoms with Gasteiger partial charge in [0.1, 0.15) is 40.6 Å². The number of hydrogen-bond donors (Lipinski definition) is 0. The first kappa shape index (κ1) is 72.2. The molecule has 510 valence electrons. The fraction of sp³-hybridized carbons (Fsp3) is 0.308. The summed E-state index contributed by atoms with van der Waals surface area (Å²) in [4.78, 5) is 197. The molecule has 0 unspecified atom stereocenters. The lowest BCUT2D eigenvalue weighted by atomic mass is 9.77. The van der Waals surface area contributed by atoms with Crippen molar-refractivity contribution in [3.05, 3.63) is 88.0 Å². The summed E-state index contributed by atoms with van der Waals surface area (Å²) < 4.78 is 98.3. The van der Waals surface area contributed by atoms with Crippen molar-refractivity contribution >= 4 is 89.5 Å². The van der Waals surface area contributed by atoms with Crippen LogP contribution in [0.25, 0.3) is 0 Å². The molecule has 0 saturated heterocycles. The van der Waals surface area contributed by atoms with E-state index >= 15 is 4.79 Å². The summed E-state index contributed by atoms with van der Waals surface area (Å²) in [5.41, 5.74) is -2.60. The average Bonchev–Trinajstić information content (AvgIpc) is 0.719. The molecule has 0 saturated carbocycles. The maximum Gasteiger partial charge on any atom is 0.338 e. The zero-order chi connectivity index (χ0) is 71.8. The van der Waals surface area contributed by atoms with Gasteiger partial charge in [-0.2, -0.15) is 0 Å². The molecule has 0 N–H and O–H groups in total. The zero-order valence-electron chi connectivity index (χ0n) is 53.9. The van der Waals surface area contributed by atoms with E-state index in [0.29, 0.717) is 0 Å². The maximum atomic E-state index is 15.7. The molecule has 0 fully saturated rings. The van der Waals surface area contributed by atoms with Crippen LogP contribution >= 0.6 is 0 Å². The molecule has 97 heavy (non-hydrogen) atoms. The van der Waals surface area contributed by atoms with E-state index in [-0.39, 0.29) is 11.1 Å². The van der Waals surface area contributed by atoms with Crippen LogP contribution in [0.15, 0.2) is 54.6 Å². The summed E-state index contributed by atoms with van der Waals surface area (Å²) in [7, 11) is 0. The van der Waals surface area contributed by atoms with Crippen LogP contribution < -0.4 is 71.1 Å². The Labute approximate surface area is 548 Å². The molecule has 2 aliphatic heterocycles. The number of benzene rings is 5. The molecule has 0 bridgehead atoms. The van der Waals surface area contributed by atoms with Gasteiger partial charge in [-0.25, -0.2) is 4.79 Å². The molecule has 0 aromatic heterocycles. The van der Waals surface area contributed by atoms with Gasteiger partial charge in [-0.3, -0.25) is 67.1 Å². The Balaban J connectivity index is 1.76. The molecule has 7 rings (SSSR count). The van der Waals surface area contributed by atoms with Crippen molar-refractivity contribution in [3.8, 4) is 86.2 Å². The third kappa shape index (κ3) is 18.1. The van der Waals surface area contributed by atoms with Gasteiger partial charge in [0, 0.05) is 149 Å². The summed E-state index contributed by atoms with van der Waals surface area (Å²) >= 11 is 0. The highest BCUT2D eigenvalue weighted by Crippen LogP contribution is 2.60. The lowest BCUT2D eigenvalue weighted by Gasteiger charge is -2.42. The quantitative estimate of drug-likeness (QED) is 0.0604. The second-order valence-corrected chi connectivity index (χ2v) is 20.9. The zero-order valence-corrected chi connectivity index (χ0v) is 53.9. The Hall–Kier alpha value is -12.3. The molecular weight excluding hydrogens is 1290 g/mol. The molecule has 5 aromatic carbocycles. The third-order valence-corrected chi connectivity index (χ3v) is 12.8. The Morgan fingerprint density at radius 1 is 0.320 bits per heavy atom. The molecule has 32 nitrogen and oxygen atoms in total. The van der Waals surface area contributed by atoms with Crippen LogP contribution in [0, 0.1) is 0 Å². The van der Waals surface area contributed by atoms with Gasteiger partial charge in [0.25, 0.3) is 0 Å². The Morgan fingerprint density at radius 3 is 1.03 bits per heavy atom. The molecule has 0 aliphatic carbocycles. The van der Waals surface area contributed by atoms with Gasteiger partial charge in [-0.15, -0.1) is 0 Å². The Kier molecular flexibility index (Phi) is 22.5. The van der Waals surface area contributed by atoms with Crippen LogP contribution in [0.2, 0.25) is 0 Å². The SMILES string of the molecule is CC(=O)Oc1cc(OC(C)=O)c2c(c1)O[C@H](c1cc(OC(C)=O)c(OC(C)=O)c(OC(C)=O)c1)[C@H](OC(=O)c1cc(OC(C)=O)c(OC(C)=O)c(OC(C)=O)c1)[C@H]2c1c(OC(C)=O)cc(OC(C)=O)c2c1O[C@H](c1cc(OC(C)=O)c(OC(C)=O)c(OC(C)=O)c1)[C@@H](OC(C)=O)C2. The molecule has 0 amide bonds. The van der Waals surface area contributed by atoms with E-state index in [9.17, 15) is 67.1 Å². The highest BCUT2D eigenvalue weighted by molar-refractivity contribution is 5.93. The predicted octanol–water partition coefficient (Wildman–Crippen LogP) is 6.81. The summed E-state index contributed by atoms with van der Waals surface area (Å²) in [6.45, 7) is 13.3. The molecule has 2 aliphatic rings. The topological polar surface area (TPSA) is 413 Å². The molecule has 2 heterocycles. The summed E-state index contributed by atoms with van der Waals surface area (Å²) in [6.07, 6.45) is -8.54. The monoisotopic (exact) mass is 1350 g/mol. The lowest BCUT2D eigenvalue weighted by Crippen LogP contribution is -2.41. The van der Waals surface area contributed by atoms with Crippen molar-refractivity contribution in [2.45, 2.75) is 134 Å². The molecule has 32 heteroatoms. The minimum absolute atomic E-state index is 0.244. The van der Waals surface area contributed by atoms with Gasteiger partial charge in [-0.05, 0) is 36.4 Å². The number of carbonyl (C=O) groups is 15. The van der Waals surface area contributed by atoms with E-state index in [2.05, 4.69) is 0 Å². The third-order valence-electron chi connectivity index (χ3n) is 12.8. The molecule has 5 atom stereocenters. The Morgan fingerprint density at radius 2 is 0.660 bits per heavy atom. The van der Waals surface area contributed by atoms with E-state index in [0.717, 1.165) is 152 Å². The number of ether oxygens (including phenoxy) is 17. The normalized spacial score (nSPS) is 15.5. The van der Waals surface area contributed by atoms with Crippen molar-refractivity contribution in [1.82, 2.24) is 0 Å². The fourth-order valence-electron chi connectivity index (χ4n) is 10.1. The second-order valence-electron chi connectivity index (χ2n) is 20.9. The Bertz CT molecular complexity index is 4080. The first-order valence-corrected chi connectivity index (χ1v) is 28.5. The highest BCUT2D eigenvalue weighted by atomic mass is 16.6. The molecule has 0 spiro atoms. The number of esters is 15. The molecule has 0 radical (unpaired) electrons. The van der Waals surface area contributed by atoms with Crippen LogP contribution in [0.4, 0.5) is 0 Å². The smallest absolute Gasteiger partial charge is 0.338 e. The van der Waals surface area contributed by atoms with Crippen LogP contribution in [0.1, 0.15) is 153 Å². The van der Waals surface area contributed by atoms with Crippen LogP contribution in [0.5, 0.6) is 86.2 Å². The van der Waals surface area contributed by atoms with Crippen LogP contribution in [-0.2, 0) is 83.0 Å². The van der Waals surface area contributed by atoms with E-state index < -0.39 is 235 Å².